The SMILES string of the molecule is Cc1ccc(N(c2ccc3c(c2)C(C)(C)c2cc(/C=C/c4ccc5c(c4)C(C)(C)c4cc(N(c6ccc(C)cc6C)c6ccc(C)cc6C)ccc4-5)ccc2-3)c2ccc(C)cc2C)c(C)c1. The Bertz CT molecular complexity index is 2980. The predicted octanol–water partition coefficient (Wildman–Crippen LogP) is 17.9. The number of anilines is 6. The second-order valence-corrected chi connectivity index (χ2v) is 20.5. The van der Waals surface area contributed by atoms with Crippen molar-refractivity contribution < 1.29 is 0 Å². The number of fused-ring (bicyclic) bond motifs is 6. The number of aryl methyl sites for hydroxylation is 8. The highest BCUT2D eigenvalue weighted by molar-refractivity contribution is 5.90. The fraction of sp³-hybridized carbons (Fsp3) is 0.219. The maximum Gasteiger partial charge on any atom is 0.0491 e. The van der Waals surface area contributed by atoms with Crippen LogP contribution in [0.25, 0.3) is 34.4 Å². The molecule has 2 aliphatic rings. The molecular formula is C64H62N2. The van der Waals surface area contributed by atoms with Crippen LogP contribution in [0.15, 0.2) is 146 Å². The van der Waals surface area contributed by atoms with Gasteiger partial charge in [-0.2, -0.15) is 0 Å². The van der Waals surface area contributed by atoms with Crippen LogP contribution in [-0.4, -0.2) is 0 Å². The van der Waals surface area contributed by atoms with Crippen molar-refractivity contribution in [3.63, 3.8) is 0 Å². The molecule has 0 saturated heterocycles. The smallest absolute Gasteiger partial charge is 0.0491 e. The van der Waals surface area contributed by atoms with Gasteiger partial charge in [-0.25, -0.2) is 0 Å². The summed E-state index contributed by atoms with van der Waals surface area (Å²) in [6.45, 7) is 27.2. The van der Waals surface area contributed by atoms with E-state index in [-0.39, 0.29) is 10.8 Å². The molecular weight excluding hydrogens is 797 g/mol. The minimum absolute atomic E-state index is 0.172. The zero-order valence-electron chi connectivity index (χ0n) is 40.9. The summed E-state index contributed by atoms with van der Waals surface area (Å²) in [6.07, 6.45) is 4.60. The van der Waals surface area contributed by atoms with E-state index in [1.165, 1.54) is 134 Å². The largest absolute Gasteiger partial charge is 0.310 e. The first-order valence-corrected chi connectivity index (χ1v) is 23.7. The Morgan fingerprint density at radius 2 is 0.576 bits per heavy atom. The molecule has 0 aliphatic heterocycles. The monoisotopic (exact) mass is 858 g/mol. The van der Waals surface area contributed by atoms with E-state index in [2.05, 4.69) is 251 Å². The third-order valence-corrected chi connectivity index (χ3v) is 14.7. The van der Waals surface area contributed by atoms with Crippen LogP contribution in [0.1, 0.15) is 106 Å². The van der Waals surface area contributed by atoms with Crippen molar-refractivity contribution in [2.75, 3.05) is 9.80 Å². The van der Waals surface area contributed by atoms with Crippen molar-refractivity contribution in [2.24, 2.45) is 0 Å². The number of hydrogen-bond donors (Lipinski definition) is 0. The molecule has 0 amide bonds. The fourth-order valence-electron chi connectivity index (χ4n) is 11.2. The lowest BCUT2D eigenvalue weighted by Gasteiger charge is -2.30. The Balaban J connectivity index is 0.957. The van der Waals surface area contributed by atoms with Crippen molar-refractivity contribution in [3.05, 3.63) is 223 Å². The van der Waals surface area contributed by atoms with Gasteiger partial charge >= 0.3 is 0 Å². The molecule has 0 atom stereocenters. The van der Waals surface area contributed by atoms with Gasteiger partial charge in [-0.15, -0.1) is 0 Å². The molecule has 0 N–H and O–H groups in total. The summed E-state index contributed by atoms with van der Waals surface area (Å²) >= 11 is 0. The Morgan fingerprint density at radius 3 is 0.864 bits per heavy atom. The molecule has 2 heteroatoms. The van der Waals surface area contributed by atoms with Crippen LogP contribution in [0.4, 0.5) is 34.1 Å². The van der Waals surface area contributed by atoms with Gasteiger partial charge in [-0.3, -0.25) is 0 Å². The molecule has 0 fully saturated rings. The second kappa shape index (κ2) is 15.9. The van der Waals surface area contributed by atoms with E-state index in [9.17, 15) is 0 Å². The van der Waals surface area contributed by atoms with Crippen molar-refractivity contribution in [3.8, 4) is 22.3 Å². The van der Waals surface area contributed by atoms with Gasteiger partial charge in [0.2, 0.25) is 0 Å². The standard InChI is InChI=1S/C64H62N2/c1-39-13-27-59(43(5)31-39)65(60-28-14-40(2)32-44(60)6)49-21-25-53-51-23-19-47(35-55(51)63(9,10)57(53)37-49)17-18-48-20-24-52-54-26-22-50(38-58(54)64(11,12)56(52)36-48)66(61-29-15-41(3)33-45(61)7)62-30-16-42(4)34-46(62)8/h13-38H,1-12H3/b18-17+. The van der Waals surface area contributed by atoms with Crippen LogP contribution < -0.4 is 9.80 Å². The van der Waals surface area contributed by atoms with Crippen molar-refractivity contribution >= 4 is 46.3 Å². The Labute approximate surface area is 393 Å². The molecule has 0 saturated carbocycles. The van der Waals surface area contributed by atoms with E-state index in [1.54, 1.807) is 0 Å². The summed E-state index contributed by atoms with van der Waals surface area (Å²) in [5.41, 5.74) is 30.3. The van der Waals surface area contributed by atoms with Gasteiger partial charge in [0.15, 0.2) is 0 Å². The number of nitrogens with zero attached hydrogens (tertiary/aromatic N) is 2. The average Bonchev–Trinajstić information content (AvgIpc) is 3.64. The first-order valence-electron chi connectivity index (χ1n) is 23.7. The zero-order valence-corrected chi connectivity index (χ0v) is 40.9. The van der Waals surface area contributed by atoms with Gasteiger partial charge in [0.25, 0.3) is 0 Å². The van der Waals surface area contributed by atoms with Crippen molar-refractivity contribution in [1.82, 2.24) is 0 Å². The average molecular weight is 859 g/mol. The van der Waals surface area contributed by atoms with Crippen LogP contribution in [0, 0.1) is 55.4 Å². The molecule has 328 valence electrons. The molecule has 66 heavy (non-hydrogen) atoms. The van der Waals surface area contributed by atoms with Crippen LogP contribution in [-0.2, 0) is 10.8 Å². The van der Waals surface area contributed by atoms with Gasteiger partial charge in [0.1, 0.15) is 0 Å². The summed E-state index contributed by atoms with van der Waals surface area (Å²) in [4.78, 5) is 4.92. The molecule has 0 heterocycles. The summed E-state index contributed by atoms with van der Waals surface area (Å²) in [7, 11) is 0. The van der Waals surface area contributed by atoms with Gasteiger partial charge < -0.3 is 9.80 Å². The number of hydrogen-bond acceptors (Lipinski definition) is 2. The van der Waals surface area contributed by atoms with Crippen LogP contribution >= 0.6 is 0 Å². The molecule has 0 spiro atoms. The summed E-state index contributed by atoms with van der Waals surface area (Å²) in [5, 5.41) is 0. The Hall–Kier alpha value is -6.90. The molecule has 8 aromatic carbocycles. The Morgan fingerprint density at radius 1 is 0.303 bits per heavy atom. The summed E-state index contributed by atoms with van der Waals surface area (Å²) in [6, 6.07) is 55.5. The highest BCUT2D eigenvalue weighted by Gasteiger charge is 2.38. The number of rotatable bonds is 8. The van der Waals surface area contributed by atoms with Gasteiger partial charge in [0.05, 0.1) is 0 Å². The molecule has 2 aliphatic carbocycles. The summed E-state index contributed by atoms with van der Waals surface area (Å²) < 4.78 is 0. The maximum absolute atomic E-state index is 2.46. The van der Waals surface area contributed by atoms with Crippen LogP contribution in [0.5, 0.6) is 0 Å². The molecule has 8 aromatic rings. The number of benzene rings is 8. The highest BCUT2D eigenvalue weighted by atomic mass is 15.2. The highest BCUT2D eigenvalue weighted by Crippen LogP contribution is 2.53. The summed E-state index contributed by atoms with van der Waals surface area (Å²) in [5.74, 6) is 0. The fourth-order valence-corrected chi connectivity index (χ4v) is 11.2. The van der Waals surface area contributed by atoms with Crippen molar-refractivity contribution in [2.45, 2.75) is 93.9 Å². The molecule has 10 rings (SSSR count). The van der Waals surface area contributed by atoms with E-state index in [0.717, 1.165) is 0 Å². The zero-order chi connectivity index (χ0) is 46.4. The lowest BCUT2D eigenvalue weighted by Crippen LogP contribution is -2.17. The van der Waals surface area contributed by atoms with Crippen LogP contribution in [0.2, 0.25) is 0 Å². The van der Waals surface area contributed by atoms with E-state index >= 15 is 0 Å². The molecule has 2 nitrogen and oxygen atoms in total. The Kier molecular flexibility index (Phi) is 10.4. The first kappa shape index (κ1) is 43.0. The lowest BCUT2D eigenvalue weighted by atomic mass is 9.81. The minimum Gasteiger partial charge on any atom is -0.310 e. The van der Waals surface area contributed by atoms with Crippen LogP contribution in [0.3, 0.4) is 0 Å². The third kappa shape index (κ3) is 7.19. The van der Waals surface area contributed by atoms with Gasteiger partial charge in [-0.05, 0) is 182 Å². The molecule has 0 bridgehead atoms. The van der Waals surface area contributed by atoms with E-state index in [1.807, 2.05) is 0 Å². The second-order valence-electron chi connectivity index (χ2n) is 20.5. The maximum atomic E-state index is 2.46. The first-order chi connectivity index (χ1) is 31.5. The predicted molar refractivity (Wildman–Crippen MR) is 284 cm³/mol. The lowest BCUT2D eigenvalue weighted by molar-refractivity contribution is 0.660. The van der Waals surface area contributed by atoms with Gasteiger partial charge in [0, 0.05) is 45.0 Å². The molecule has 0 unspecified atom stereocenters. The quantitative estimate of drug-likeness (QED) is 0.141. The molecule has 0 aromatic heterocycles. The van der Waals surface area contributed by atoms with Crippen molar-refractivity contribution in [1.29, 1.82) is 0 Å². The normalized spacial score (nSPS) is 13.9. The van der Waals surface area contributed by atoms with E-state index < -0.39 is 0 Å². The third-order valence-electron chi connectivity index (χ3n) is 14.7. The van der Waals surface area contributed by atoms with E-state index in [0.29, 0.717) is 0 Å². The minimum atomic E-state index is -0.172. The van der Waals surface area contributed by atoms with E-state index in [4.69, 9.17) is 0 Å². The molecule has 0 radical (unpaired) electrons. The topological polar surface area (TPSA) is 6.48 Å². The van der Waals surface area contributed by atoms with Gasteiger partial charge in [-0.1, -0.05) is 159 Å².